The first-order valence-electron chi connectivity index (χ1n) is 3.18. The number of aliphatic carboxylic acids is 1. The number of carbonyl (C=O) groups is 1. The number of hydrogen-bond donors (Lipinski definition) is 0. The summed E-state index contributed by atoms with van der Waals surface area (Å²) in [5, 5.41) is 9.93. The topological polar surface area (TPSA) is 53.0 Å². The number of pyridine rings is 1. The molecule has 0 fully saturated rings. The fourth-order valence-electron chi connectivity index (χ4n) is 0.665. The van der Waals surface area contributed by atoms with Gasteiger partial charge in [0.25, 0.3) is 0 Å². The van der Waals surface area contributed by atoms with Gasteiger partial charge in [0, 0.05) is 12.4 Å². The largest absolute Gasteiger partial charge is 0.542 e. The zero-order valence-electron chi connectivity index (χ0n) is 6.03. The summed E-state index contributed by atoms with van der Waals surface area (Å²) in [5.41, 5.74) is 0.437. The van der Waals surface area contributed by atoms with Crippen molar-refractivity contribution in [3.8, 4) is 0 Å². The second-order valence-electron chi connectivity index (χ2n) is 2.06. The Morgan fingerprint density at radius 2 is 2.08 bits per heavy atom. The number of hydrogen-bond acceptors (Lipinski definition) is 3. The van der Waals surface area contributed by atoms with Crippen LogP contribution in [0.25, 0.3) is 6.08 Å². The molecule has 0 aromatic carbocycles. The molecular weight excluding hydrogens is 161 g/mol. The number of carboxylic acid groups (broad SMARTS) is 1. The summed E-state index contributed by atoms with van der Waals surface area (Å²) in [4.78, 5) is 13.6. The highest BCUT2D eigenvalue weighted by Crippen LogP contribution is 2.05. The third kappa shape index (κ3) is 2.16. The van der Waals surface area contributed by atoms with Crippen LogP contribution in [0.15, 0.2) is 30.4 Å². The number of carbonyl (C=O) groups excluding carboxylic acids is 1. The molecule has 0 spiro atoms. The van der Waals surface area contributed by atoms with Crippen molar-refractivity contribution in [2.75, 3.05) is 0 Å². The highest BCUT2D eigenvalue weighted by molar-refractivity contribution is 5.87. The molecule has 0 radical (unpaired) electrons. The molecule has 1 rings (SSSR count). The van der Waals surface area contributed by atoms with E-state index in [0.717, 1.165) is 6.08 Å². The van der Waals surface area contributed by atoms with Gasteiger partial charge in [-0.15, -0.1) is 0 Å². The van der Waals surface area contributed by atoms with Crippen molar-refractivity contribution >= 4 is 12.0 Å². The Hall–Kier alpha value is -1.71. The molecule has 1 aromatic rings. The Morgan fingerprint density at radius 3 is 2.58 bits per heavy atom. The van der Waals surface area contributed by atoms with E-state index in [0.29, 0.717) is 5.56 Å². The molecule has 0 unspecified atom stereocenters. The van der Waals surface area contributed by atoms with E-state index in [1.54, 1.807) is 0 Å². The summed E-state index contributed by atoms with van der Waals surface area (Å²) >= 11 is 0. The minimum Gasteiger partial charge on any atom is -0.542 e. The third-order valence-corrected chi connectivity index (χ3v) is 1.19. The van der Waals surface area contributed by atoms with Gasteiger partial charge in [-0.2, -0.15) is 0 Å². The zero-order valence-corrected chi connectivity index (χ0v) is 6.03. The molecule has 0 amide bonds. The summed E-state index contributed by atoms with van der Waals surface area (Å²) in [6.45, 7) is 0. The van der Waals surface area contributed by atoms with Crippen LogP contribution in [0.2, 0.25) is 0 Å². The van der Waals surface area contributed by atoms with Crippen molar-refractivity contribution in [1.29, 1.82) is 0 Å². The quantitative estimate of drug-likeness (QED) is 0.587. The first-order valence-corrected chi connectivity index (χ1v) is 3.18. The lowest BCUT2D eigenvalue weighted by atomic mass is 10.2. The van der Waals surface area contributed by atoms with E-state index in [4.69, 9.17) is 0 Å². The van der Waals surface area contributed by atoms with Crippen LogP contribution in [0.3, 0.4) is 0 Å². The highest BCUT2D eigenvalue weighted by Gasteiger charge is 1.94. The maximum atomic E-state index is 12.4. The van der Waals surface area contributed by atoms with Crippen molar-refractivity contribution in [3.05, 3.63) is 35.9 Å². The van der Waals surface area contributed by atoms with Crippen molar-refractivity contribution in [2.24, 2.45) is 0 Å². The Bertz CT molecular complexity index is 308. The van der Waals surface area contributed by atoms with Crippen LogP contribution in [-0.2, 0) is 4.79 Å². The van der Waals surface area contributed by atoms with E-state index in [2.05, 4.69) is 4.98 Å². The maximum absolute atomic E-state index is 12.4. The first kappa shape index (κ1) is 8.39. The molecule has 0 saturated heterocycles. The van der Waals surface area contributed by atoms with Crippen molar-refractivity contribution in [3.63, 3.8) is 0 Å². The smallest absolute Gasteiger partial charge is 0.146 e. The normalized spacial score (nSPS) is 11.2. The van der Waals surface area contributed by atoms with Crippen molar-refractivity contribution in [2.45, 2.75) is 0 Å². The Labute approximate surface area is 68.2 Å². The minimum atomic E-state index is -1.81. The fraction of sp³-hybridized carbons (Fsp3) is 0. The van der Waals surface area contributed by atoms with Gasteiger partial charge in [-0.05, 0) is 23.8 Å². The SMILES string of the molecule is O=C([O-])/C(F)=C/c1ccncc1. The van der Waals surface area contributed by atoms with Crippen LogP contribution in [0.4, 0.5) is 4.39 Å². The Balaban J connectivity index is 2.89. The molecule has 0 bridgehead atoms. The minimum absolute atomic E-state index is 0.437. The number of aromatic nitrogens is 1. The molecular formula is C8H5FNO2-. The average Bonchev–Trinajstić information content (AvgIpc) is 2.06. The molecule has 0 N–H and O–H groups in total. The van der Waals surface area contributed by atoms with Crippen LogP contribution in [0.1, 0.15) is 5.56 Å². The molecule has 1 aromatic heterocycles. The second-order valence-corrected chi connectivity index (χ2v) is 2.06. The van der Waals surface area contributed by atoms with Gasteiger partial charge in [-0.25, -0.2) is 4.39 Å². The molecule has 0 atom stereocenters. The first-order chi connectivity index (χ1) is 5.70. The molecule has 62 valence electrons. The number of carboxylic acids is 1. The van der Waals surface area contributed by atoms with E-state index in [9.17, 15) is 14.3 Å². The molecule has 3 nitrogen and oxygen atoms in total. The lowest BCUT2D eigenvalue weighted by Gasteiger charge is -1.96. The van der Waals surface area contributed by atoms with Crippen LogP contribution in [0.5, 0.6) is 0 Å². The summed E-state index contributed by atoms with van der Waals surface area (Å²) in [7, 11) is 0. The lowest BCUT2D eigenvalue weighted by molar-refractivity contribution is -0.301. The van der Waals surface area contributed by atoms with E-state index in [-0.39, 0.29) is 0 Å². The van der Waals surface area contributed by atoms with E-state index in [1.165, 1.54) is 24.5 Å². The van der Waals surface area contributed by atoms with E-state index < -0.39 is 11.8 Å². The monoisotopic (exact) mass is 166 g/mol. The molecule has 0 aliphatic heterocycles. The summed E-state index contributed by atoms with van der Waals surface area (Å²) in [6.07, 6.45) is 3.75. The van der Waals surface area contributed by atoms with Crippen LogP contribution >= 0.6 is 0 Å². The zero-order chi connectivity index (χ0) is 8.97. The Kier molecular flexibility index (Phi) is 2.53. The predicted octanol–water partition coefficient (Wildman–Crippen LogP) is 0.142. The van der Waals surface area contributed by atoms with Crippen LogP contribution in [0, 0.1) is 0 Å². The average molecular weight is 166 g/mol. The van der Waals surface area contributed by atoms with Gasteiger partial charge in [0.1, 0.15) is 11.8 Å². The third-order valence-electron chi connectivity index (χ3n) is 1.19. The summed E-state index contributed by atoms with van der Waals surface area (Å²) in [6, 6.07) is 2.98. The Morgan fingerprint density at radius 1 is 1.50 bits per heavy atom. The van der Waals surface area contributed by atoms with Gasteiger partial charge >= 0.3 is 0 Å². The van der Waals surface area contributed by atoms with Gasteiger partial charge in [-0.3, -0.25) is 4.98 Å². The number of nitrogens with zero attached hydrogens (tertiary/aromatic N) is 1. The number of rotatable bonds is 2. The predicted molar refractivity (Wildman–Crippen MR) is 38.3 cm³/mol. The van der Waals surface area contributed by atoms with E-state index >= 15 is 0 Å². The fourth-order valence-corrected chi connectivity index (χ4v) is 0.665. The van der Waals surface area contributed by atoms with Crippen molar-refractivity contribution < 1.29 is 14.3 Å². The molecule has 1 heterocycles. The lowest BCUT2D eigenvalue weighted by Crippen LogP contribution is -2.22. The second kappa shape index (κ2) is 3.61. The highest BCUT2D eigenvalue weighted by atomic mass is 19.1. The molecule has 0 saturated carbocycles. The molecule has 12 heavy (non-hydrogen) atoms. The maximum Gasteiger partial charge on any atom is 0.146 e. The molecule has 4 heteroatoms. The van der Waals surface area contributed by atoms with Gasteiger partial charge in [0.05, 0.1) is 0 Å². The van der Waals surface area contributed by atoms with Gasteiger partial charge in [0.15, 0.2) is 0 Å². The van der Waals surface area contributed by atoms with Crippen LogP contribution in [-0.4, -0.2) is 11.0 Å². The van der Waals surface area contributed by atoms with Gasteiger partial charge in [-0.1, -0.05) is 0 Å². The summed E-state index contributed by atoms with van der Waals surface area (Å²) in [5.74, 6) is -3.10. The van der Waals surface area contributed by atoms with Crippen molar-refractivity contribution in [1.82, 2.24) is 4.98 Å². The van der Waals surface area contributed by atoms with Crippen LogP contribution < -0.4 is 5.11 Å². The standard InChI is InChI=1S/C8H6FNO2/c9-7(8(11)12)5-6-1-3-10-4-2-6/h1-5H,(H,11,12)/p-1/b7-5-. The number of halogens is 1. The van der Waals surface area contributed by atoms with Gasteiger partial charge in [0.2, 0.25) is 0 Å². The van der Waals surface area contributed by atoms with Gasteiger partial charge < -0.3 is 9.90 Å². The molecule has 0 aliphatic rings. The van der Waals surface area contributed by atoms with E-state index in [1.807, 2.05) is 0 Å². The molecule has 0 aliphatic carbocycles. The summed E-state index contributed by atoms with van der Waals surface area (Å²) < 4.78 is 12.4.